The van der Waals surface area contributed by atoms with Crippen LogP contribution in [0.5, 0.6) is 0 Å². The fraction of sp³-hybridized carbons (Fsp3) is 0. The van der Waals surface area contributed by atoms with E-state index in [0.29, 0.717) is 0 Å². The van der Waals surface area contributed by atoms with E-state index in [2.05, 4.69) is 11.1 Å². The molecule has 3 heteroatoms. The minimum atomic E-state index is 0.738. The minimum absolute atomic E-state index is 0.738. The summed E-state index contributed by atoms with van der Waals surface area (Å²) < 4.78 is 2.04. The van der Waals surface area contributed by atoms with Crippen molar-refractivity contribution in [1.82, 2.24) is 9.55 Å². The van der Waals surface area contributed by atoms with Crippen LogP contribution in [-0.4, -0.2) is 9.55 Å². The Morgan fingerprint density at radius 3 is 2.75 bits per heavy atom. The molecule has 3 aromatic rings. The molecular weight excluding hydrogens is 220 g/mol. The summed E-state index contributed by atoms with van der Waals surface area (Å²) in [6.45, 7) is 0. The van der Waals surface area contributed by atoms with Gasteiger partial charge in [-0.2, -0.15) is 0 Å². The van der Waals surface area contributed by atoms with E-state index in [9.17, 15) is 0 Å². The standard InChI is InChI=1S/C13H8ClN2/c14-11-1-3-12(4-2-11)16-8-6-10-5-7-15-9-13(10)16/h1-5,7-9H. The molecule has 0 spiro atoms. The Kier molecular flexibility index (Phi) is 2.15. The lowest BCUT2D eigenvalue weighted by Gasteiger charge is -2.04. The Morgan fingerprint density at radius 1 is 1.12 bits per heavy atom. The maximum absolute atomic E-state index is 5.86. The summed E-state index contributed by atoms with van der Waals surface area (Å²) in [6.07, 6.45) is 5.51. The number of halogens is 1. The molecule has 0 bridgehead atoms. The number of rotatable bonds is 1. The van der Waals surface area contributed by atoms with Crippen molar-refractivity contribution in [3.8, 4) is 5.69 Å². The Labute approximate surface area is 98.1 Å². The van der Waals surface area contributed by atoms with Gasteiger partial charge in [-0.05, 0) is 30.3 Å². The number of benzene rings is 1. The molecule has 0 aliphatic heterocycles. The molecule has 0 saturated heterocycles. The summed E-state index contributed by atoms with van der Waals surface area (Å²) in [5.74, 6) is 0. The number of aromatic nitrogens is 2. The smallest absolute Gasteiger partial charge is 0.0719 e. The highest BCUT2D eigenvalue weighted by Gasteiger charge is 2.02. The van der Waals surface area contributed by atoms with Crippen molar-refractivity contribution in [2.45, 2.75) is 0 Å². The minimum Gasteiger partial charge on any atom is -0.314 e. The van der Waals surface area contributed by atoms with Gasteiger partial charge >= 0.3 is 0 Å². The second-order valence-corrected chi connectivity index (χ2v) is 3.95. The highest BCUT2D eigenvalue weighted by Crippen LogP contribution is 2.20. The highest BCUT2D eigenvalue weighted by molar-refractivity contribution is 6.30. The van der Waals surface area contributed by atoms with Crippen LogP contribution >= 0.6 is 11.6 Å². The molecular formula is C13H8ClN2. The molecule has 16 heavy (non-hydrogen) atoms. The lowest BCUT2D eigenvalue weighted by molar-refractivity contribution is 1.12. The Bertz CT molecular complexity index is 626. The predicted octanol–water partition coefficient (Wildman–Crippen LogP) is 3.48. The van der Waals surface area contributed by atoms with Crippen LogP contribution in [0.15, 0.2) is 48.9 Å². The number of pyridine rings is 1. The van der Waals surface area contributed by atoms with Crippen molar-refractivity contribution < 1.29 is 0 Å². The average molecular weight is 228 g/mol. The largest absolute Gasteiger partial charge is 0.314 e. The van der Waals surface area contributed by atoms with Crippen LogP contribution in [0, 0.1) is 6.07 Å². The van der Waals surface area contributed by atoms with Crippen LogP contribution in [0.3, 0.4) is 0 Å². The highest BCUT2D eigenvalue weighted by atomic mass is 35.5. The summed E-state index contributed by atoms with van der Waals surface area (Å²) in [5, 5.41) is 1.80. The summed E-state index contributed by atoms with van der Waals surface area (Å²) in [5.41, 5.74) is 2.11. The fourth-order valence-electron chi connectivity index (χ4n) is 1.72. The molecule has 1 aromatic carbocycles. The molecule has 1 radical (unpaired) electrons. The molecule has 0 saturated carbocycles. The van der Waals surface area contributed by atoms with Gasteiger partial charge in [-0.3, -0.25) is 4.98 Å². The maximum Gasteiger partial charge on any atom is 0.0719 e. The first-order chi connectivity index (χ1) is 7.84. The second-order valence-electron chi connectivity index (χ2n) is 3.51. The molecule has 0 aliphatic rings. The molecule has 77 valence electrons. The molecule has 0 N–H and O–H groups in total. The number of hydrogen-bond acceptors (Lipinski definition) is 1. The van der Waals surface area contributed by atoms with Crippen molar-refractivity contribution in [2.24, 2.45) is 0 Å². The molecule has 0 amide bonds. The third-order valence-corrected chi connectivity index (χ3v) is 2.77. The Morgan fingerprint density at radius 2 is 1.94 bits per heavy atom. The molecule has 2 nitrogen and oxygen atoms in total. The van der Waals surface area contributed by atoms with Crippen LogP contribution in [0.4, 0.5) is 0 Å². The fourth-order valence-corrected chi connectivity index (χ4v) is 1.85. The first-order valence-electron chi connectivity index (χ1n) is 4.93. The quantitative estimate of drug-likeness (QED) is 0.622. The van der Waals surface area contributed by atoms with E-state index in [1.807, 2.05) is 47.3 Å². The van der Waals surface area contributed by atoms with Crippen LogP contribution in [0.2, 0.25) is 5.02 Å². The van der Waals surface area contributed by atoms with Gasteiger partial charge in [-0.25, -0.2) is 0 Å². The second kappa shape index (κ2) is 3.65. The number of nitrogens with zero attached hydrogens (tertiary/aromatic N) is 2. The van der Waals surface area contributed by atoms with E-state index >= 15 is 0 Å². The van der Waals surface area contributed by atoms with Gasteiger partial charge in [0.2, 0.25) is 0 Å². The average Bonchev–Trinajstić information content (AvgIpc) is 2.74. The van der Waals surface area contributed by atoms with Gasteiger partial charge in [0, 0.05) is 34.6 Å². The number of fused-ring (bicyclic) bond motifs is 1. The first-order valence-corrected chi connectivity index (χ1v) is 5.31. The van der Waals surface area contributed by atoms with Crippen molar-refractivity contribution >= 4 is 22.5 Å². The topological polar surface area (TPSA) is 17.8 Å². The van der Waals surface area contributed by atoms with E-state index < -0.39 is 0 Å². The van der Waals surface area contributed by atoms with Gasteiger partial charge in [0.15, 0.2) is 0 Å². The van der Waals surface area contributed by atoms with Gasteiger partial charge in [0.1, 0.15) is 0 Å². The zero-order chi connectivity index (χ0) is 11.0. The van der Waals surface area contributed by atoms with Crippen LogP contribution in [0.1, 0.15) is 0 Å². The van der Waals surface area contributed by atoms with Gasteiger partial charge in [0.05, 0.1) is 11.7 Å². The van der Waals surface area contributed by atoms with Crippen LogP contribution in [-0.2, 0) is 0 Å². The summed E-state index contributed by atoms with van der Waals surface area (Å²) in [6, 6.07) is 12.8. The van der Waals surface area contributed by atoms with Crippen molar-refractivity contribution in [1.29, 1.82) is 0 Å². The van der Waals surface area contributed by atoms with Gasteiger partial charge < -0.3 is 4.57 Å². The van der Waals surface area contributed by atoms with E-state index in [1.54, 1.807) is 6.20 Å². The lowest BCUT2D eigenvalue weighted by Crippen LogP contribution is -1.91. The van der Waals surface area contributed by atoms with Gasteiger partial charge in [-0.15, -0.1) is 0 Å². The van der Waals surface area contributed by atoms with Gasteiger partial charge in [-0.1, -0.05) is 11.6 Å². The zero-order valence-corrected chi connectivity index (χ0v) is 9.15. The lowest BCUT2D eigenvalue weighted by atomic mass is 10.3. The van der Waals surface area contributed by atoms with E-state index in [4.69, 9.17) is 11.6 Å². The van der Waals surface area contributed by atoms with E-state index in [-0.39, 0.29) is 0 Å². The summed E-state index contributed by atoms with van der Waals surface area (Å²) in [4.78, 5) is 4.12. The third-order valence-electron chi connectivity index (χ3n) is 2.51. The predicted molar refractivity (Wildman–Crippen MR) is 64.9 cm³/mol. The van der Waals surface area contributed by atoms with Crippen molar-refractivity contribution in [2.75, 3.05) is 0 Å². The van der Waals surface area contributed by atoms with Crippen molar-refractivity contribution in [3.63, 3.8) is 0 Å². The normalized spacial score (nSPS) is 10.8. The molecule has 0 fully saturated rings. The van der Waals surface area contributed by atoms with E-state index in [0.717, 1.165) is 21.6 Å². The van der Waals surface area contributed by atoms with Gasteiger partial charge in [0.25, 0.3) is 0 Å². The maximum atomic E-state index is 5.86. The Hall–Kier alpha value is -1.80. The Balaban J connectivity index is 2.22. The molecule has 2 aromatic heterocycles. The first kappa shape index (κ1) is 9.43. The van der Waals surface area contributed by atoms with Crippen LogP contribution in [0.25, 0.3) is 16.6 Å². The van der Waals surface area contributed by atoms with Crippen LogP contribution < -0.4 is 0 Å². The molecule has 0 aliphatic carbocycles. The van der Waals surface area contributed by atoms with E-state index in [1.165, 1.54) is 0 Å². The summed E-state index contributed by atoms with van der Waals surface area (Å²) in [7, 11) is 0. The molecule has 0 atom stereocenters. The molecule has 3 rings (SSSR count). The monoisotopic (exact) mass is 227 g/mol. The molecule has 2 heterocycles. The molecule has 0 unspecified atom stereocenters. The number of hydrogen-bond donors (Lipinski definition) is 0. The third kappa shape index (κ3) is 1.48. The summed E-state index contributed by atoms with van der Waals surface area (Å²) >= 11 is 5.86. The zero-order valence-electron chi connectivity index (χ0n) is 8.39. The van der Waals surface area contributed by atoms with Crippen molar-refractivity contribution in [3.05, 3.63) is 60.0 Å². The SMILES string of the molecule is Clc1ccc(-n2c[c]c3ccncc32)cc1.